The van der Waals surface area contributed by atoms with Gasteiger partial charge in [0.05, 0.1) is 4.47 Å². The van der Waals surface area contributed by atoms with Gasteiger partial charge in [-0.3, -0.25) is 0 Å². The lowest BCUT2D eigenvalue weighted by Crippen LogP contribution is -2.30. The summed E-state index contributed by atoms with van der Waals surface area (Å²) in [5.74, 6) is 0.748. The molecule has 0 saturated carbocycles. The molecule has 2 rings (SSSR count). The second-order valence-electron chi connectivity index (χ2n) is 3.36. The van der Waals surface area contributed by atoms with Gasteiger partial charge in [-0.05, 0) is 35.2 Å². The van der Waals surface area contributed by atoms with Crippen LogP contribution in [0.25, 0.3) is 0 Å². The highest BCUT2D eigenvalue weighted by molar-refractivity contribution is 9.10. The number of anilines is 1. The van der Waals surface area contributed by atoms with E-state index in [0.717, 1.165) is 23.5 Å². The number of hydrogen-bond acceptors (Lipinski definition) is 3. The lowest BCUT2D eigenvalue weighted by Gasteiger charge is -2.26. The molecule has 3 nitrogen and oxygen atoms in total. The summed E-state index contributed by atoms with van der Waals surface area (Å²) >= 11 is 9.19. The smallest absolute Gasteiger partial charge is 0.226 e. The second kappa shape index (κ2) is 4.45. The van der Waals surface area contributed by atoms with Gasteiger partial charge in [-0.2, -0.15) is 4.98 Å². The van der Waals surface area contributed by atoms with E-state index in [1.165, 1.54) is 19.3 Å². The lowest BCUT2D eigenvalue weighted by molar-refractivity contribution is 0.568. The zero-order valence-electron chi connectivity index (χ0n) is 7.71. The van der Waals surface area contributed by atoms with Crippen LogP contribution in [-0.4, -0.2) is 23.1 Å². The van der Waals surface area contributed by atoms with Crippen molar-refractivity contribution >= 4 is 33.5 Å². The molecule has 0 aliphatic carbocycles. The van der Waals surface area contributed by atoms with E-state index in [0.29, 0.717) is 5.15 Å². The summed E-state index contributed by atoms with van der Waals surface area (Å²) in [6.45, 7) is 2.08. The monoisotopic (exact) mass is 275 g/mol. The van der Waals surface area contributed by atoms with E-state index in [1.807, 2.05) is 0 Å². The molecule has 0 atom stereocenters. The zero-order chi connectivity index (χ0) is 9.97. The predicted molar refractivity (Wildman–Crippen MR) is 60.8 cm³/mol. The van der Waals surface area contributed by atoms with Gasteiger partial charge in [0.1, 0.15) is 5.15 Å². The van der Waals surface area contributed by atoms with Crippen LogP contribution in [0.2, 0.25) is 5.15 Å². The third-order valence-electron chi connectivity index (χ3n) is 2.33. The maximum Gasteiger partial charge on any atom is 0.226 e. The number of hydrogen-bond donors (Lipinski definition) is 0. The molecule has 0 radical (unpaired) electrons. The molecule has 0 N–H and O–H groups in total. The Balaban J connectivity index is 2.18. The molecule has 14 heavy (non-hydrogen) atoms. The van der Waals surface area contributed by atoms with Gasteiger partial charge >= 0.3 is 0 Å². The fourth-order valence-corrected chi connectivity index (χ4v) is 1.90. The van der Waals surface area contributed by atoms with Crippen molar-refractivity contribution in [3.63, 3.8) is 0 Å². The summed E-state index contributed by atoms with van der Waals surface area (Å²) in [6.07, 6.45) is 5.45. The van der Waals surface area contributed by atoms with Crippen LogP contribution >= 0.6 is 27.5 Å². The van der Waals surface area contributed by atoms with E-state index in [4.69, 9.17) is 11.6 Å². The van der Waals surface area contributed by atoms with Gasteiger partial charge in [0.2, 0.25) is 5.95 Å². The van der Waals surface area contributed by atoms with Crippen LogP contribution in [0.15, 0.2) is 10.7 Å². The summed E-state index contributed by atoms with van der Waals surface area (Å²) in [7, 11) is 0. The van der Waals surface area contributed by atoms with Gasteiger partial charge in [0, 0.05) is 19.3 Å². The molecule has 1 aliphatic heterocycles. The molecule has 1 aliphatic rings. The first-order valence-electron chi connectivity index (χ1n) is 4.70. The Bertz CT molecular complexity index is 326. The molecule has 1 saturated heterocycles. The Morgan fingerprint density at radius 1 is 1.29 bits per heavy atom. The van der Waals surface area contributed by atoms with Gasteiger partial charge in [-0.15, -0.1) is 0 Å². The van der Waals surface area contributed by atoms with E-state index in [1.54, 1.807) is 6.20 Å². The number of piperidine rings is 1. The quantitative estimate of drug-likeness (QED) is 0.739. The largest absolute Gasteiger partial charge is 0.341 e. The third kappa shape index (κ3) is 2.17. The van der Waals surface area contributed by atoms with Crippen LogP contribution < -0.4 is 4.90 Å². The fourth-order valence-electron chi connectivity index (χ4n) is 1.58. The Hall–Kier alpha value is -0.350. The molecular weight excluding hydrogens is 265 g/mol. The molecule has 0 unspecified atom stereocenters. The van der Waals surface area contributed by atoms with Gasteiger partial charge in [0.25, 0.3) is 0 Å². The number of nitrogens with zero attached hydrogens (tertiary/aromatic N) is 3. The van der Waals surface area contributed by atoms with Crippen molar-refractivity contribution in [2.45, 2.75) is 19.3 Å². The van der Waals surface area contributed by atoms with E-state index in [2.05, 4.69) is 30.8 Å². The molecule has 0 bridgehead atoms. The first-order chi connectivity index (χ1) is 6.77. The summed E-state index contributed by atoms with van der Waals surface area (Å²) in [4.78, 5) is 10.7. The topological polar surface area (TPSA) is 29.0 Å². The van der Waals surface area contributed by atoms with Crippen LogP contribution in [0.3, 0.4) is 0 Å². The maximum absolute atomic E-state index is 5.91. The molecule has 1 aromatic rings. The van der Waals surface area contributed by atoms with Gasteiger partial charge in [-0.1, -0.05) is 11.6 Å². The summed E-state index contributed by atoms with van der Waals surface area (Å²) in [5.41, 5.74) is 0. The molecule has 0 spiro atoms. The summed E-state index contributed by atoms with van der Waals surface area (Å²) in [5, 5.41) is 0.487. The molecule has 2 heterocycles. The lowest BCUT2D eigenvalue weighted by atomic mass is 10.1. The Morgan fingerprint density at radius 3 is 2.64 bits per heavy atom. The summed E-state index contributed by atoms with van der Waals surface area (Å²) < 4.78 is 0.750. The van der Waals surface area contributed by atoms with E-state index < -0.39 is 0 Å². The van der Waals surface area contributed by atoms with Crippen LogP contribution in [-0.2, 0) is 0 Å². The standard InChI is InChI=1S/C9H11BrClN3/c10-7-6-12-9(13-8(7)11)14-4-2-1-3-5-14/h6H,1-5H2. The van der Waals surface area contributed by atoms with Gasteiger partial charge in [0.15, 0.2) is 0 Å². The summed E-state index contributed by atoms with van der Waals surface area (Å²) in [6, 6.07) is 0. The highest BCUT2D eigenvalue weighted by atomic mass is 79.9. The SMILES string of the molecule is Clc1nc(N2CCCCC2)ncc1Br. The predicted octanol–water partition coefficient (Wildman–Crippen LogP) is 2.88. The van der Waals surface area contributed by atoms with Gasteiger partial charge in [-0.25, -0.2) is 4.98 Å². The van der Waals surface area contributed by atoms with E-state index in [-0.39, 0.29) is 0 Å². The second-order valence-corrected chi connectivity index (χ2v) is 4.57. The van der Waals surface area contributed by atoms with E-state index >= 15 is 0 Å². The highest BCUT2D eigenvalue weighted by Gasteiger charge is 2.14. The number of aromatic nitrogens is 2. The molecule has 0 aromatic carbocycles. The van der Waals surface area contributed by atoms with Crippen molar-refractivity contribution in [3.8, 4) is 0 Å². The number of halogens is 2. The normalized spacial score (nSPS) is 17.1. The number of rotatable bonds is 1. The molecule has 76 valence electrons. The minimum atomic E-state index is 0.487. The first-order valence-corrected chi connectivity index (χ1v) is 5.87. The highest BCUT2D eigenvalue weighted by Crippen LogP contribution is 2.22. The van der Waals surface area contributed by atoms with Crippen molar-refractivity contribution < 1.29 is 0 Å². The molecule has 1 fully saturated rings. The first kappa shape index (κ1) is 10.2. The average Bonchev–Trinajstić information content (AvgIpc) is 2.23. The fraction of sp³-hybridized carbons (Fsp3) is 0.556. The van der Waals surface area contributed by atoms with Crippen molar-refractivity contribution in [3.05, 3.63) is 15.8 Å². The van der Waals surface area contributed by atoms with Crippen LogP contribution in [0.4, 0.5) is 5.95 Å². The molecular formula is C9H11BrClN3. The average molecular weight is 277 g/mol. The maximum atomic E-state index is 5.91. The van der Waals surface area contributed by atoms with E-state index in [9.17, 15) is 0 Å². The minimum absolute atomic E-state index is 0.487. The minimum Gasteiger partial charge on any atom is -0.341 e. The zero-order valence-corrected chi connectivity index (χ0v) is 10.1. The van der Waals surface area contributed by atoms with Crippen molar-refractivity contribution in [2.24, 2.45) is 0 Å². The molecule has 0 amide bonds. The molecule has 1 aromatic heterocycles. The Labute approximate surface area is 96.6 Å². The third-order valence-corrected chi connectivity index (χ3v) is 3.42. The van der Waals surface area contributed by atoms with Gasteiger partial charge < -0.3 is 4.90 Å². The van der Waals surface area contributed by atoms with Crippen molar-refractivity contribution in [2.75, 3.05) is 18.0 Å². The van der Waals surface area contributed by atoms with Crippen LogP contribution in [0.1, 0.15) is 19.3 Å². The van der Waals surface area contributed by atoms with Crippen molar-refractivity contribution in [1.29, 1.82) is 0 Å². The Morgan fingerprint density at radius 2 is 2.00 bits per heavy atom. The van der Waals surface area contributed by atoms with Crippen LogP contribution in [0.5, 0.6) is 0 Å². The molecule has 5 heteroatoms. The van der Waals surface area contributed by atoms with Crippen LogP contribution in [0, 0.1) is 0 Å². The Kier molecular flexibility index (Phi) is 3.23. The van der Waals surface area contributed by atoms with Crippen molar-refractivity contribution in [1.82, 2.24) is 9.97 Å².